The smallest absolute Gasteiger partial charge is 0.411 e. The third-order valence-electron chi connectivity index (χ3n) is 5.81. The van der Waals surface area contributed by atoms with Crippen molar-refractivity contribution in [1.29, 1.82) is 0 Å². The minimum atomic E-state index is -0.936. The lowest BCUT2D eigenvalue weighted by molar-refractivity contribution is -0.121. The Kier molecular flexibility index (Phi) is 6.48. The van der Waals surface area contributed by atoms with E-state index in [9.17, 15) is 14.4 Å². The zero-order valence-electron chi connectivity index (χ0n) is 19.2. The fourth-order valence-electron chi connectivity index (χ4n) is 4.12. The number of ether oxygens (including phenoxy) is 1. The molecule has 1 saturated heterocycles. The Bertz CT molecular complexity index is 1360. The number of nitrogens with one attached hydrogen (secondary N) is 2. The molecule has 180 valence electrons. The van der Waals surface area contributed by atoms with Crippen LogP contribution in [-0.4, -0.2) is 28.8 Å². The molecule has 2 heterocycles. The van der Waals surface area contributed by atoms with Crippen molar-refractivity contribution in [2.75, 3.05) is 10.6 Å². The summed E-state index contributed by atoms with van der Waals surface area (Å²) in [7, 11) is 0. The van der Waals surface area contributed by atoms with Crippen LogP contribution >= 0.6 is 0 Å². The summed E-state index contributed by atoms with van der Waals surface area (Å²) in [6, 6.07) is 27.6. The number of anilines is 2. The van der Waals surface area contributed by atoms with Gasteiger partial charge in [0, 0.05) is 11.4 Å². The van der Waals surface area contributed by atoms with E-state index < -0.39 is 24.1 Å². The zero-order valence-corrected chi connectivity index (χ0v) is 19.2. The maximum Gasteiger partial charge on any atom is 0.411 e. The van der Waals surface area contributed by atoms with Gasteiger partial charge in [-0.15, -0.1) is 0 Å². The highest BCUT2D eigenvalue weighted by Crippen LogP contribution is 2.35. The number of carbonyl (C=O) groups excluding carboxylic acids is 3. The number of rotatable bonds is 7. The summed E-state index contributed by atoms with van der Waals surface area (Å²) in [5.41, 5.74) is 2.53. The largest absolute Gasteiger partial charge is 0.459 e. The second kappa shape index (κ2) is 10.2. The number of carbonyl (C=O) groups is 3. The Hall–Kier alpha value is -4.85. The van der Waals surface area contributed by atoms with Gasteiger partial charge in [-0.25, -0.2) is 4.79 Å². The number of hydrogen-bond acceptors (Lipinski definition) is 5. The Morgan fingerprint density at radius 1 is 0.806 bits per heavy atom. The lowest BCUT2D eigenvalue weighted by Crippen LogP contribution is -2.43. The normalized spacial score (nSPS) is 16.9. The Labute approximate surface area is 207 Å². The minimum Gasteiger partial charge on any atom is -0.459 e. The molecule has 1 fully saturated rings. The lowest BCUT2D eigenvalue weighted by Gasteiger charge is -2.24. The van der Waals surface area contributed by atoms with E-state index in [0.717, 1.165) is 5.56 Å². The molecule has 2 N–H and O–H groups in total. The van der Waals surface area contributed by atoms with Crippen LogP contribution < -0.4 is 10.6 Å². The number of hydrogen-bond donors (Lipinski definition) is 2. The van der Waals surface area contributed by atoms with Crippen LogP contribution in [0.1, 0.15) is 27.8 Å². The van der Waals surface area contributed by atoms with Crippen LogP contribution in [0.2, 0.25) is 0 Å². The van der Waals surface area contributed by atoms with Gasteiger partial charge in [0.2, 0.25) is 0 Å². The van der Waals surface area contributed by atoms with E-state index in [1.54, 1.807) is 48.5 Å². The first-order chi connectivity index (χ1) is 17.6. The molecule has 0 radical (unpaired) electrons. The van der Waals surface area contributed by atoms with Crippen molar-refractivity contribution in [1.82, 2.24) is 4.90 Å². The first-order valence-corrected chi connectivity index (χ1v) is 11.4. The van der Waals surface area contributed by atoms with E-state index in [4.69, 9.17) is 9.15 Å². The molecule has 1 aliphatic rings. The van der Waals surface area contributed by atoms with Crippen LogP contribution in [-0.2, 0) is 16.1 Å². The topological polar surface area (TPSA) is 101 Å². The Balaban J connectivity index is 1.44. The summed E-state index contributed by atoms with van der Waals surface area (Å²) >= 11 is 0. The molecular weight excluding hydrogens is 458 g/mol. The standard InChI is InChI=1S/C28H23N3O5/c32-26(23-15-8-16-35-23)30-22-14-7-11-20(17-22)25-24(27(33)29-21-12-5-2-6-13-21)31(28(34)36-25)18-19-9-3-1-4-10-19/h1-17,24-25H,18H2,(H,29,33)(H,30,32)/t24-,25-/m1/s1. The number of amides is 3. The molecule has 1 aromatic heterocycles. The highest BCUT2D eigenvalue weighted by Gasteiger charge is 2.47. The van der Waals surface area contributed by atoms with Crippen molar-refractivity contribution in [2.45, 2.75) is 18.7 Å². The molecule has 36 heavy (non-hydrogen) atoms. The molecular formula is C28H23N3O5. The van der Waals surface area contributed by atoms with Crippen LogP contribution in [0.15, 0.2) is 108 Å². The molecule has 0 saturated carbocycles. The van der Waals surface area contributed by atoms with Crippen molar-refractivity contribution in [2.24, 2.45) is 0 Å². The van der Waals surface area contributed by atoms with Crippen molar-refractivity contribution in [3.05, 3.63) is 120 Å². The van der Waals surface area contributed by atoms with Crippen molar-refractivity contribution in [3.63, 3.8) is 0 Å². The van der Waals surface area contributed by atoms with E-state index in [1.165, 1.54) is 11.2 Å². The van der Waals surface area contributed by atoms with Crippen LogP contribution in [0.4, 0.5) is 16.2 Å². The molecule has 0 aliphatic carbocycles. The van der Waals surface area contributed by atoms with E-state index in [1.807, 2.05) is 48.5 Å². The SMILES string of the molecule is O=C(Nc1cccc([C@H]2OC(=O)N(Cc3ccccc3)[C@H]2C(=O)Nc2ccccc2)c1)c1ccco1. The highest BCUT2D eigenvalue weighted by atomic mass is 16.6. The summed E-state index contributed by atoms with van der Waals surface area (Å²) in [6.45, 7) is 0.206. The number of cyclic esters (lactones) is 1. The van der Waals surface area contributed by atoms with Gasteiger partial charge in [0.1, 0.15) is 0 Å². The van der Waals surface area contributed by atoms with Crippen LogP contribution in [0.3, 0.4) is 0 Å². The van der Waals surface area contributed by atoms with E-state index in [0.29, 0.717) is 16.9 Å². The molecule has 3 amide bonds. The fourth-order valence-corrected chi connectivity index (χ4v) is 4.12. The summed E-state index contributed by atoms with van der Waals surface area (Å²) in [4.78, 5) is 40.3. The predicted octanol–water partition coefficient (Wildman–Crippen LogP) is 5.23. The predicted molar refractivity (Wildman–Crippen MR) is 133 cm³/mol. The molecule has 8 heteroatoms. The van der Waals surface area contributed by atoms with Crippen LogP contribution in [0, 0.1) is 0 Å². The summed E-state index contributed by atoms with van der Waals surface area (Å²) in [5, 5.41) is 5.66. The van der Waals surface area contributed by atoms with E-state index >= 15 is 0 Å². The summed E-state index contributed by atoms with van der Waals surface area (Å²) in [6.07, 6.45) is -0.0619. The van der Waals surface area contributed by atoms with Crippen LogP contribution in [0.25, 0.3) is 0 Å². The fraction of sp³-hybridized carbons (Fsp3) is 0.107. The van der Waals surface area contributed by atoms with E-state index in [-0.39, 0.29) is 18.2 Å². The van der Waals surface area contributed by atoms with Gasteiger partial charge in [-0.2, -0.15) is 0 Å². The third-order valence-corrected chi connectivity index (χ3v) is 5.81. The zero-order chi connectivity index (χ0) is 24.9. The molecule has 4 aromatic rings. The van der Waals surface area contributed by atoms with Crippen LogP contribution in [0.5, 0.6) is 0 Å². The summed E-state index contributed by atoms with van der Waals surface area (Å²) in [5.74, 6) is -0.621. The molecule has 0 unspecified atom stereocenters. The van der Waals surface area contributed by atoms with Crippen molar-refractivity contribution in [3.8, 4) is 0 Å². The minimum absolute atomic E-state index is 0.168. The lowest BCUT2D eigenvalue weighted by atomic mass is 10.00. The second-order valence-electron chi connectivity index (χ2n) is 8.27. The Morgan fingerprint density at radius 3 is 2.25 bits per heavy atom. The number of benzene rings is 3. The summed E-state index contributed by atoms with van der Waals surface area (Å²) < 4.78 is 10.9. The molecule has 5 rings (SSSR count). The van der Waals surface area contributed by atoms with Gasteiger partial charge in [0.25, 0.3) is 11.8 Å². The molecule has 0 spiro atoms. The average Bonchev–Trinajstić information content (AvgIpc) is 3.54. The molecule has 0 bridgehead atoms. The number of furan rings is 1. The quantitative estimate of drug-likeness (QED) is 0.376. The van der Waals surface area contributed by atoms with Gasteiger partial charge in [0.05, 0.1) is 12.8 Å². The van der Waals surface area contributed by atoms with Crippen molar-refractivity contribution < 1.29 is 23.5 Å². The maximum absolute atomic E-state index is 13.5. The molecule has 1 aliphatic heterocycles. The number of para-hydroxylation sites is 1. The van der Waals surface area contributed by atoms with Gasteiger partial charge in [0.15, 0.2) is 17.9 Å². The third kappa shape index (κ3) is 4.97. The van der Waals surface area contributed by atoms with Gasteiger partial charge < -0.3 is 19.8 Å². The molecule has 2 atom stereocenters. The molecule has 3 aromatic carbocycles. The van der Waals surface area contributed by atoms with Gasteiger partial charge in [-0.1, -0.05) is 60.7 Å². The second-order valence-corrected chi connectivity index (χ2v) is 8.27. The maximum atomic E-state index is 13.5. The van der Waals surface area contributed by atoms with E-state index in [2.05, 4.69) is 10.6 Å². The highest BCUT2D eigenvalue weighted by molar-refractivity contribution is 6.02. The van der Waals surface area contributed by atoms with Gasteiger partial charge in [-0.3, -0.25) is 14.5 Å². The van der Waals surface area contributed by atoms with Gasteiger partial charge >= 0.3 is 6.09 Å². The monoisotopic (exact) mass is 481 g/mol. The Morgan fingerprint density at radius 2 is 1.53 bits per heavy atom. The molecule has 8 nitrogen and oxygen atoms in total. The average molecular weight is 482 g/mol. The first kappa shape index (κ1) is 22.9. The number of nitrogens with zero attached hydrogens (tertiary/aromatic N) is 1. The first-order valence-electron chi connectivity index (χ1n) is 11.4. The van der Waals surface area contributed by atoms with Gasteiger partial charge in [-0.05, 0) is 47.5 Å². The van der Waals surface area contributed by atoms with Crippen molar-refractivity contribution >= 4 is 29.3 Å².